The number of nitrogens with one attached hydrogen (secondary N) is 2. The molecule has 1 aromatic heterocycles. The fourth-order valence-electron chi connectivity index (χ4n) is 1.33. The number of hydrogen-bond acceptors (Lipinski definition) is 6. The first kappa shape index (κ1) is 15.5. The monoisotopic (exact) mass is 287 g/mol. The molecule has 1 heterocycles. The summed E-state index contributed by atoms with van der Waals surface area (Å²) in [7, 11) is 0. The molecule has 0 aliphatic rings. The van der Waals surface area contributed by atoms with Crippen LogP contribution in [0.5, 0.6) is 0 Å². The SMILES string of the molecule is CCC(CO)(CO)NC(=O)c1csc(NC(C)=O)n1. The van der Waals surface area contributed by atoms with Gasteiger partial charge in [0.15, 0.2) is 5.13 Å². The molecule has 0 fully saturated rings. The lowest BCUT2D eigenvalue weighted by molar-refractivity contribution is -0.114. The van der Waals surface area contributed by atoms with Crippen molar-refractivity contribution in [3.05, 3.63) is 11.1 Å². The predicted octanol–water partition coefficient (Wildman–Crippen LogP) is -0.0353. The molecule has 0 spiro atoms. The van der Waals surface area contributed by atoms with Crippen LogP contribution in [0.2, 0.25) is 0 Å². The van der Waals surface area contributed by atoms with E-state index in [-0.39, 0.29) is 24.8 Å². The lowest BCUT2D eigenvalue weighted by Crippen LogP contribution is -2.53. The molecule has 0 unspecified atom stereocenters. The smallest absolute Gasteiger partial charge is 0.271 e. The van der Waals surface area contributed by atoms with E-state index < -0.39 is 11.4 Å². The molecule has 4 N–H and O–H groups in total. The average Bonchev–Trinajstić information content (AvgIpc) is 2.83. The van der Waals surface area contributed by atoms with Gasteiger partial charge >= 0.3 is 0 Å². The summed E-state index contributed by atoms with van der Waals surface area (Å²) in [5.41, 5.74) is -0.928. The highest BCUT2D eigenvalue weighted by Crippen LogP contribution is 2.16. The van der Waals surface area contributed by atoms with Crippen molar-refractivity contribution in [2.75, 3.05) is 18.5 Å². The Labute approximate surface area is 114 Å². The van der Waals surface area contributed by atoms with Crippen LogP contribution in [0.25, 0.3) is 0 Å². The standard InChI is InChI=1S/C11H17N3O4S/c1-3-11(5-15,6-16)14-9(18)8-4-19-10(13-8)12-7(2)17/h4,15-16H,3,5-6H2,1-2H3,(H,14,18)(H,12,13,17). The maximum Gasteiger partial charge on any atom is 0.271 e. The molecule has 2 amide bonds. The number of aliphatic hydroxyl groups excluding tert-OH is 2. The van der Waals surface area contributed by atoms with Crippen LogP contribution in [-0.4, -0.2) is 45.8 Å². The number of aliphatic hydroxyl groups is 2. The number of aromatic nitrogens is 1. The van der Waals surface area contributed by atoms with Crippen molar-refractivity contribution in [1.82, 2.24) is 10.3 Å². The third-order valence-electron chi connectivity index (χ3n) is 2.68. The van der Waals surface area contributed by atoms with Crippen LogP contribution in [0.3, 0.4) is 0 Å². The van der Waals surface area contributed by atoms with E-state index in [1.165, 1.54) is 12.3 Å². The maximum absolute atomic E-state index is 11.9. The number of nitrogens with zero attached hydrogens (tertiary/aromatic N) is 1. The van der Waals surface area contributed by atoms with Crippen LogP contribution < -0.4 is 10.6 Å². The maximum atomic E-state index is 11.9. The number of rotatable bonds is 6. The van der Waals surface area contributed by atoms with Crippen LogP contribution in [0.4, 0.5) is 5.13 Å². The molecule has 0 saturated heterocycles. The highest BCUT2D eigenvalue weighted by molar-refractivity contribution is 7.14. The number of anilines is 1. The number of hydrogen-bond donors (Lipinski definition) is 4. The van der Waals surface area contributed by atoms with E-state index in [4.69, 9.17) is 0 Å². The quantitative estimate of drug-likeness (QED) is 0.587. The second kappa shape index (κ2) is 6.60. The molecule has 0 bridgehead atoms. The minimum atomic E-state index is -1.06. The molecule has 7 nitrogen and oxygen atoms in total. The molecule has 8 heteroatoms. The van der Waals surface area contributed by atoms with Crippen molar-refractivity contribution in [2.45, 2.75) is 25.8 Å². The lowest BCUT2D eigenvalue weighted by Gasteiger charge is -2.29. The fraction of sp³-hybridized carbons (Fsp3) is 0.545. The Morgan fingerprint density at radius 1 is 1.42 bits per heavy atom. The third kappa shape index (κ3) is 3.98. The van der Waals surface area contributed by atoms with Crippen molar-refractivity contribution in [1.29, 1.82) is 0 Å². The van der Waals surface area contributed by atoms with Gasteiger partial charge in [0, 0.05) is 12.3 Å². The van der Waals surface area contributed by atoms with Gasteiger partial charge in [-0.1, -0.05) is 6.92 Å². The van der Waals surface area contributed by atoms with Gasteiger partial charge in [0.05, 0.1) is 18.8 Å². The summed E-state index contributed by atoms with van der Waals surface area (Å²) in [6.07, 6.45) is 0.383. The molecular formula is C11H17N3O4S. The van der Waals surface area contributed by atoms with Crippen molar-refractivity contribution >= 4 is 28.3 Å². The number of carbonyl (C=O) groups is 2. The van der Waals surface area contributed by atoms with Crippen LogP contribution in [0.15, 0.2) is 5.38 Å². The Hall–Kier alpha value is -1.51. The number of thiazole rings is 1. The fourth-order valence-corrected chi connectivity index (χ4v) is 2.07. The van der Waals surface area contributed by atoms with Crippen LogP contribution in [0, 0.1) is 0 Å². The summed E-state index contributed by atoms with van der Waals surface area (Å²) in [4.78, 5) is 26.7. The van der Waals surface area contributed by atoms with E-state index in [1.807, 2.05) is 0 Å². The minimum Gasteiger partial charge on any atom is -0.394 e. The van der Waals surface area contributed by atoms with E-state index in [2.05, 4.69) is 15.6 Å². The summed E-state index contributed by atoms with van der Waals surface area (Å²) in [6, 6.07) is 0. The van der Waals surface area contributed by atoms with Gasteiger partial charge in [-0.15, -0.1) is 11.3 Å². The zero-order valence-electron chi connectivity index (χ0n) is 10.8. The first-order valence-corrected chi connectivity index (χ1v) is 6.61. The van der Waals surface area contributed by atoms with E-state index >= 15 is 0 Å². The van der Waals surface area contributed by atoms with Gasteiger partial charge in [-0.25, -0.2) is 4.98 Å². The Kier molecular flexibility index (Phi) is 5.40. The molecule has 0 aliphatic heterocycles. The second-order valence-electron chi connectivity index (χ2n) is 4.12. The van der Waals surface area contributed by atoms with E-state index in [0.29, 0.717) is 11.6 Å². The van der Waals surface area contributed by atoms with Crippen molar-refractivity contribution < 1.29 is 19.8 Å². The van der Waals surface area contributed by atoms with Crippen LogP contribution in [0.1, 0.15) is 30.8 Å². The molecule has 1 aromatic rings. The minimum absolute atomic E-state index is 0.133. The number of carbonyl (C=O) groups excluding carboxylic acids is 2. The summed E-state index contributed by atoms with van der Waals surface area (Å²) >= 11 is 1.13. The molecule has 1 rings (SSSR count). The Balaban J connectivity index is 2.77. The van der Waals surface area contributed by atoms with Gasteiger partial charge in [-0.05, 0) is 6.42 Å². The molecular weight excluding hydrogens is 270 g/mol. The third-order valence-corrected chi connectivity index (χ3v) is 3.44. The van der Waals surface area contributed by atoms with E-state index in [1.54, 1.807) is 6.92 Å². The molecule has 0 atom stereocenters. The van der Waals surface area contributed by atoms with Crippen molar-refractivity contribution in [3.8, 4) is 0 Å². The summed E-state index contributed by atoms with van der Waals surface area (Å²) in [5.74, 6) is -0.771. The average molecular weight is 287 g/mol. The molecule has 106 valence electrons. The zero-order chi connectivity index (χ0) is 14.5. The van der Waals surface area contributed by atoms with Crippen molar-refractivity contribution in [3.63, 3.8) is 0 Å². The van der Waals surface area contributed by atoms with E-state index in [9.17, 15) is 19.8 Å². The predicted molar refractivity (Wildman–Crippen MR) is 71.1 cm³/mol. The largest absolute Gasteiger partial charge is 0.394 e. The lowest BCUT2D eigenvalue weighted by atomic mass is 9.98. The number of amides is 2. The molecule has 0 saturated carbocycles. The van der Waals surface area contributed by atoms with Gasteiger partial charge in [-0.3, -0.25) is 9.59 Å². The summed E-state index contributed by atoms with van der Waals surface area (Å²) in [5, 5.41) is 25.3. The first-order valence-electron chi connectivity index (χ1n) is 5.73. The molecule has 19 heavy (non-hydrogen) atoms. The summed E-state index contributed by atoms with van der Waals surface area (Å²) < 4.78 is 0. The Bertz CT molecular complexity index is 448. The normalized spacial score (nSPS) is 11.2. The highest BCUT2D eigenvalue weighted by Gasteiger charge is 2.29. The van der Waals surface area contributed by atoms with Crippen LogP contribution >= 0.6 is 11.3 Å². The van der Waals surface area contributed by atoms with Gasteiger partial charge in [-0.2, -0.15) is 0 Å². The van der Waals surface area contributed by atoms with Gasteiger partial charge in [0.25, 0.3) is 5.91 Å². The van der Waals surface area contributed by atoms with Crippen molar-refractivity contribution in [2.24, 2.45) is 0 Å². The van der Waals surface area contributed by atoms with Crippen LogP contribution in [-0.2, 0) is 4.79 Å². The molecule has 0 radical (unpaired) electrons. The molecule has 0 aromatic carbocycles. The van der Waals surface area contributed by atoms with Gasteiger partial charge < -0.3 is 20.8 Å². The topological polar surface area (TPSA) is 112 Å². The van der Waals surface area contributed by atoms with Gasteiger partial charge in [0.1, 0.15) is 5.69 Å². The second-order valence-corrected chi connectivity index (χ2v) is 4.98. The summed E-state index contributed by atoms with van der Waals surface area (Å²) in [6.45, 7) is 2.36. The van der Waals surface area contributed by atoms with Gasteiger partial charge in [0.2, 0.25) is 5.91 Å². The Morgan fingerprint density at radius 3 is 2.53 bits per heavy atom. The first-order chi connectivity index (χ1) is 8.96. The Morgan fingerprint density at radius 2 is 2.05 bits per heavy atom. The highest BCUT2D eigenvalue weighted by atomic mass is 32.1. The zero-order valence-corrected chi connectivity index (χ0v) is 11.6. The van der Waals surface area contributed by atoms with E-state index in [0.717, 1.165) is 11.3 Å². The molecule has 0 aliphatic carbocycles.